The van der Waals surface area contributed by atoms with E-state index in [9.17, 15) is 4.79 Å². The summed E-state index contributed by atoms with van der Waals surface area (Å²) in [6, 6.07) is 4.22. The van der Waals surface area contributed by atoms with Gasteiger partial charge in [-0.2, -0.15) is 5.10 Å². The number of nitrogens with one attached hydrogen (secondary N) is 1. The van der Waals surface area contributed by atoms with Crippen molar-refractivity contribution in [2.75, 3.05) is 13.1 Å². The van der Waals surface area contributed by atoms with Gasteiger partial charge < -0.3 is 4.90 Å². The van der Waals surface area contributed by atoms with Crippen molar-refractivity contribution in [2.24, 2.45) is 0 Å². The molecule has 0 saturated heterocycles. The van der Waals surface area contributed by atoms with Crippen LogP contribution >= 0.6 is 11.3 Å². The predicted molar refractivity (Wildman–Crippen MR) is 83.4 cm³/mol. The molecule has 3 heterocycles. The SMILES string of the molecule is O=C(c1n[nH]c2c1CCC2)N1CC=C(c2cccs2)CC1. The van der Waals surface area contributed by atoms with E-state index >= 15 is 0 Å². The zero-order chi connectivity index (χ0) is 14.2. The van der Waals surface area contributed by atoms with Crippen molar-refractivity contribution in [3.8, 4) is 0 Å². The van der Waals surface area contributed by atoms with Crippen LogP contribution in [0.2, 0.25) is 0 Å². The van der Waals surface area contributed by atoms with Crippen LogP contribution < -0.4 is 0 Å². The quantitative estimate of drug-likeness (QED) is 0.927. The summed E-state index contributed by atoms with van der Waals surface area (Å²) in [5.41, 5.74) is 4.31. The summed E-state index contributed by atoms with van der Waals surface area (Å²) < 4.78 is 0. The second-order valence-corrected chi connectivity index (χ2v) is 6.54. The Kier molecular flexibility index (Phi) is 3.15. The number of carbonyl (C=O) groups is 1. The van der Waals surface area contributed by atoms with E-state index in [1.54, 1.807) is 11.3 Å². The van der Waals surface area contributed by atoms with Crippen LogP contribution in [0.3, 0.4) is 0 Å². The van der Waals surface area contributed by atoms with Crippen LogP contribution in [-0.2, 0) is 12.8 Å². The molecule has 2 aliphatic rings. The summed E-state index contributed by atoms with van der Waals surface area (Å²) >= 11 is 1.76. The van der Waals surface area contributed by atoms with Gasteiger partial charge in [0.05, 0.1) is 0 Å². The van der Waals surface area contributed by atoms with E-state index in [-0.39, 0.29) is 5.91 Å². The van der Waals surface area contributed by atoms with Crippen LogP contribution in [0.1, 0.15) is 39.5 Å². The van der Waals surface area contributed by atoms with Gasteiger partial charge in [-0.25, -0.2) is 0 Å². The number of rotatable bonds is 2. The lowest BCUT2D eigenvalue weighted by atomic mass is 10.1. The first kappa shape index (κ1) is 12.8. The van der Waals surface area contributed by atoms with Crippen LogP contribution in [0.15, 0.2) is 23.6 Å². The van der Waals surface area contributed by atoms with Crippen molar-refractivity contribution >= 4 is 22.8 Å². The monoisotopic (exact) mass is 299 g/mol. The van der Waals surface area contributed by atoms with E-state index in [1.165, 1.54) is 10.5 Å². The fraction of sp³-hybridized carbons (Fsp3) is 0.375. The lowest BCUT2D eigenvalue weighted by Gasteiger charge is -2.25. The molecule has 1 aliphatic carbocycles. The minimum absolute atomic E-state index is 0.0795. The van der Waals surface area contributed by atoms with Gasteiger partial charge in [0.1, 0.15) is 0 Å². The number of aryl methyl sites for hydroxylation is 1. The second kappa shape index (κ2) is 5.15. The molecule has 2 aromatic heterocycles. The third kappa shape index (κ3) is 2.21. The zero-order valence-electron chi connectivity index (χ0n) is 11.8. The molecule has 1 aliphatic heterocycles. The van der Waals surface area contributed by atoms with Gasteiger partial charge in [-0.15, -0.1) is 11.3 Å². The number of nitrogens with zero attached hydrogens (tertiary/aromatic N) is 2. The fourth-order valence-electron chi connectivity index (χ4n) is 3.18. The molecule has 21 heavy (non-hydrogen) atoms. The molecule has 2 aromatic rings. The Bertz CT molecular complexity index is 699. The summed E-state index contributed by atoms with van der Waals surface area (Å²) in [6.07, 6.45) is 6.25. The third-order valence-electron chi connectivity index (χ3n) is 4.34. The maximum Gasteiger partial charge on any atom is 0.274 e. The van der Waals surface area contributed by atoms with Gasteiger partial charge in [0.15, 0.2) is 5.69 Å². The number of thiophene rings is 1. The standard InChI is InChI=1S/C16H17N3OS/c20-16(15-12-3-1-4-13(12)17-18-15)19-8-6-11(7-9-19)14-5-2-10-21-14/h2,5-6,10H,1,3-4,7-9H2,(H,17,18). The number of hydrogen-bond donors (Lipinski definition) is 1. The molecule has 0 saturated carbocycles. The Labute approximate surface area is 127 Å². The van der Waals surface area contributed by atoms with Crippen molar-refractivity contribution in [1.82, 2.24) is 15.1 Å². The maximum atomic E-state index is 12.6. The molecule has 4 rings (SSSR count). The molecule has 108 valence electrons. The van der Waals surface area contributed by atoms with Crippen LogP contribution in [0.4, 0.5) is 0 Å². The smallest absolute Gasteiger partial charge is 0.274 e. The first-order valence-corrected chi connectivity index (χ1v) is 8.29. The topological polar surface area (TPSA) is 49.0 Å². The molecular formula is C16H17N3OS. The first-order valence-electron chi connectivity index (χ1n) is 7.41. The van der Waals surface area contributed by atoms with E-state index in [4.69, 9.17) is 0 Å². The number of aromatic amines is 1. The molecule has 0 bridgehead atoms. The largest absolute Gasteiger partial charge is 0.333 e. The number of hydrogen-bond acceptors (Lipinski definition) is 3. The molecule has 5 heteroatoms. The molecule has 0 fully saturated rings. The Morgan fingerprint density at radius 2 is 2.29 bits per heavy atom. The van der Waals surface area contributed by atoms with Crippen LogP contribution in [0, 0.1) is 0 Å². The molecular weight excluding hydrogens is 282 g/mol. The highest BCUT2D eigenvalue weighted by molar-refractivity contribution is 7.11. The van der Waals surface area contributed by atoms with E-state index in [0.29, 0.717) is 12.2 Å². The minimum Gasteiger partial charge on any atom is -0.333 e. The van der Waals surface area contributed by atoms with E-state index < -0.39 is 0 Å². The van der Waals surface area contributed by atoms with Gasteiger partial charge in [-0.3, -0.25) is 9.89 Å². The lowest BCUT2D eigenvalue weighted by Crippen LogP contribution is -2.35. The van der Waals surface area contributed by atoms with Crippen molar-refractivity contribution < 1.29 is 4.79 Å². The summed E-state index contributed by atoms with van der Waals surface area (Å²) in [4.78, 5) is 15.9. The van der Waals surface area contributed by atoms with E-state index in [2.05, 4.69) is 33.8 Å². The average Bonchev–Trinajstić information content (AvgIpc) is 3.24. The van der Waals surface area contributed by atoms with Gasteiger partial charge in [-0.05, 0) is 42.7 Å². The van der Waals surface area contributed by atoms with Crippen LogP contribution in [0.25, 0.3) is 5.57 Å². The zero-order valence-corrected chi connectivity index (χ0v) is 12.6. The average molecular weight is 299 g/mol. The predicted octanol–water partition coefficient (Wildman–Crippen LogP) is 2.89. The fourth-order valence-corrected chi connectivity index (χ4v) is 3.98. The highest BCUT2D eigenvalue weighted by Gasteiger charge is 2.27. The van der Waals surface area contributed by atoms with Gasteiger partial charge >= 0.3 is 0 Å². The Morgan fingerprint density at radius 1 is 1.33 bits per heavy atom. The summed E-state index contributed by atoms with van der Waals surface area (Å²) in [5.74, 6) is 0.0795. The molecule has 1 N–H and O–H groups in total. The van der Waals surface area contributed by atoms with E-state index in [0.717, 1.165) is 43.5 Å². The minimum atomic E-state index is 0.0795. The van der Waals surface area contributed by atoms with Crippen molar-refractivity contribution in [1.29, 1.82) is 0 Å². The van der Waals surface area contributed by atoms with E-state index in [1.807, 2.05) is 4.90 Å². The van der Waals surface area contributed by atoms with Crippen LogP contribution in [0.5, 0.6) is 0 Å². The molecule has 0 spiro atoms. The molecule has 0 atom stereocenters. The Hall–Kier alpha value is -1.88. The number of H-pyrrole nitrogens is 1. The molecule has 0 aromatic carbocycles. The van der Waals surface area contributed by atoms with Crippen molar-refractivity contribution in [3.05, 3.63) is 45.4 Å². The van der Waals surface area contributed by atoms with Crippen LogP contribution in [-0.4, -0.2) is 34.1 Å². The Morgan fingerprint density at radius 3 is 3.05 bits per heavy atom. The summed E-state index contributed by atoms with van der Waals surface area (Å²) in [7, 11) is 0. The number of aromatic nitrogens is 2. The maximum absolute atomic E-state index is 12.6. The highest BCUT2D eigenvalue weighted by atomic mass is 32.1. The van der Waals surface area contributed by atoms with Gasteiger partial charge in [0, 0.05) is 29.2 Å². The molecule has 0 radical (unpaired) electrons. The van der Waals surface area contributed by atoms with Gasteiger partial charge in [0.2, 0.25) is 0 Å². The number of carbonyl (C=O) groups excluding carboxylic acids is 1. The summed E-state index contributed by atoms with van der Waals surface area (Å²) in [6.45, 7) is 1.47. The number of fused-ring (bicyclic) bond motifs is 1. The first-order chi connectivity index (χ1) is 10.3. The molecule has 0 unspecified atom stereocenters. The van der Waals surface area contributed by atoms with Crippen molar-refractivity contribution in [2.45, 2.75) is 25.7 Å². The highest BCUT2D eigenvalue weighted by Crippen LogP contribution is 2.28. The third-order valence-corrected chi connectivity index (χ3v) is 5.29. The van der Waals surface area contributed by atoms with Gasteiger partial charge in [0.25, 0.3) is 5.91 Å². The number of amides is 1. The second-order valence-electron chi connectivity index (χ2n) is 5.59. The lowest BCUT2D eigenvalue weighted by molar-refractivity contribution is 0.0766. The molecule has 1 amide bonds. The summed E-state index contributed by atoms with van der Waals surface area (Å²) in [5, 5.41) is 9.37. The van der Waals surface area contributed by atoms with Gasteiger partial charge in [-0.1, -0.05) is 12.1 Å². The Balaban J connectivity index is 1.52. The molecule has 4 nitrogen and oxygen atoms in total. The van der Waals surface area contributed by atoms with Crippen molar-refractivity contribution in [3.63, 3.8) is 0 Å². The normalized spacial score (nSPS) is 17.7.